The lowest BCUT2D eigenvalue weighted by molar-refractivity contribution is -0.153. The van der Waals surface area contributed by atoms with Crippen molar-refractivity contribution in [2.45, 2.75) is 80.6 Å². The molecule has 0 rings (SSSR count). The highest BCUT2D eigenvalue weighted by atomic mass is 16.5. The number of hydrogen-bond acceptors (Lipinski definition) is 4. The Bertz CT molecular complexity index is 295. The van der Waals surface area contributed by atoms with Gasteiger partial charge in [-0.3, -0.25) is 9.59 Å². The summed E-state index contributed by atoms with van der Waals surface area (Å²) in [5.41, 5.74) is -0.302. The molecule has 0 aromatic heterocycles. The summed E-state index contributed by atoms with van der Waals surface area (Å²) in [6, 6.07) is 0. The van der Waals surface area contributed by atoms with E-state index in [4.69, 9.17) is 4.74 Å². The van der Waals surface area contributed by atoms with E-state index in [2.05, 4.69) is 11.7 Å². The molecule has 0 saturated heterocycles. The van der Waals surface area contributed by atoms with Crippen LogP contribution in [0.3, 0.4) is 0 Å². The SMILES string of the molecule is CCCCCCC(C)(C)C(=O)OCC.CCOC(=O)C(C)C. The van der Waals surface area contributed by atoms with Crippen LogP contribution in [0.15, 0.2) is 0 Å². The predicted octanol–water partition coefficient (Wildman–Crippen LogP) is 4.75. The molecule has 0 spiro atoms. The largest absolute Gasteiger partial charge is 0.466 e. The molecule has 0 atom stereocenters. The Balaban J connectivity index is 0. The third kappa shape index (κ3) is 12.7. The topological polar surface area (TPSA) is 52.6 Å². The summed E-state index contributed by atoms with van der Waals surface area (Å²) in [6.45, 7) is 14.4. The van der Waals surface area contributed by atoms with Crippen molar-refractivity contribution in [3.8, 4) is 0 Å². The van der Waals surface area contributed by atoms with Crippen LogP contribution >= 0.6 is 0 Å². The van der Waals surface area contributed by atoms with Gasteiger partial charge in [-0.1, -0.05) is 46.5 Å². The van der Waals surface area contributed by atoms with E-state index in [1.165, 1.54) is 19.3 Å². The van der Waals surface area contributed by atoms with Gasteiger partial charge < -0.3 is 9.47 Å². The normalized spacial score (nSPS) is 10.7. The van der Waals surface area contributed by atoms with Gasteiger partial charge in [-0.05, 0) is 34.1 Å². The lowest BCUT2D eigenvalue weighted by atomic mass is 9.87. The molecule has 0 N–H and O–H groups in total. The number of carbonyl (C=O) groups excluding carboxylic acids is 2. The summed E-state index contributed by atoms with van der Waals surface area (Å²) >= 11 is 0. The second kappa shape index (κ2) is 13.6. The van der Waals surface area contributed by atoms with Crippen LogP contribution in [0.5, 0.6) is 0 Å². The zero-order chi connectivity index (χ0) is 17.6. The maximum absolute atomic E-state index is 11.5. The van der Waals surface area contributed by atoms with Crippen molar-refractivity contribution in [1.82, 2.24) is 0 Å². The van der Waals surface area contributed by atoms with Crippen molar-refractivity contribution in [3.05, 3.63) is 0 Å². The third-order valence-electron chi connectivity index (χ3n) is 3.24. The van der Waals surface area contributed by atoms with Crippen LogP contribution in [0.25, 0.3) is 0 Å². The molecular formula is C18H36O4. The third-order valence-corrected chi connectivity index (χ3v) is 3.24. The standard InChI is InChI=1S/C12H24O2.C6H12O2/c1-5-7-8-9-10-12(3,4)11(13)14-6-2;1-4-8-6(7)5(2)3/h5-10H2,1-4H3;5H,4H2,1-3H3. The van der Waals surface area contributed by atoms with Crippen LogP contribution < -0.4 is 0 Å². The van der Waals surface area contributed by atoms with Crippen LogP contribution in [-0.2, 0) is 19.1 Å². The van der Waals surface area contributed by atoms with Crippen LogP contribution in [0.1, 0.15) is 80.6 Å². The molecule has 0 bridgehead atoms. The minimum atomic E-state index is -0.302. The van der Waals surface area contributed by atoms with Crippen LogP contribution in [0.4, 0.5) is 0 Å². The Morgan fingerprint density at radius 1 is 0.909 bits per heavy atom. The zero-order valence-electron chi connectivity index (χ0n) is 15.7. The molecule has 0 aromatic rings. The van der Waals surface area contributed by atoms with E-state index < -0.39 is 0 Å². The average molecular weight is 316 g/mol. The number of carbonyl (C=O) groups is 2. The highest BCUT2D eigenvalue weighted by Gasteiger charge is 2.28. The molecule has 0 heterocycles. The Labute approximate surface area is 136 Å². The van der Waals surface area contributed by atoms with E-state index >= 15 is 0 Å². The first-order valence-electron chi connectivity index (χ1n) is 8.56. The van der Waals surface area contributed by atoms with Gasteiger partial charge in [-0.15, -0.1) is 0 Å². The zero-order valence-corrected chi connectivity index (χ0v) is 15.7. The maximum Gasteiger partial charge on any atom is 0.311 e. The van der Waals surface area contributed by atoms with Gasteiger partial charge in [0.15, 0.2) is 0 Å². The van der Waals surface area contributed by atoms with E-state index in [1.54, 1.807) is 6.92 Å². The van der Waals surface area contributed by atoms with Gasteiger partial charge in [0.05, 0.1) is 24.5 Å². The van der Waals surface area contributed by atoms with Crippen molar-refractivity contribution in [3.63, 3.8) is 0 Å². The Kier molecular flexibility index (Phi) is 14.3. The molecule has 4 heteroatoms. The smallest absolute Gasteiger partial charge is 0.311 e. The lowest BCUT2D eigenvalue weighted by Crippen LogP contribution is -2.26. The minimum absolute atomic E-state index is 0.00921. The van der Waals surface area contributed by atoms with Crippen LogP contribution in [-0.4, -0.2) is 25.2 Å². The second-order valence-corrected chi connectivity index (χ2v) is 6.32. The van der Waals surface area contributed by atoms with E-state index in [0.717, 1.165) is 12.8 Å². The minimum Gasteiger partial charge on any atom is -0.466 e. The lowest BCUT2D eigenvalue weighted by Gasteiger charge is -2.21. The number of ether oxygens (including phenoxy) is 2. The molecular weight excluding hydrogens is 280 g/mol. The molecule has 0 fully saturated rings. The number of esters is 2. The quantitative estimate of drug-likeness (QED) is 0.455. The second-order valence-electron chi connectivity index (χ2n) is 6.32. The summed E-state index contributed by atoms with van der Waals surface area (Å²) in [4.78, 5) is 22.0. The van der Waals surface area contributed by atoms with Crippen molar-refractivity contribution in [2.24, 2.45) is 11.3 Å². The molecule has 0 radical (unpaired) electrons. The van der Waals surface area contributed by atoms with Crippen molar-refractivity contribution < 1.29 is 19.1 Å². The molecule has 132 valence electrons. The molecule has 0 aliphatic heterocycles. The molecule has 0 amide bonds. The van der Waals surface area contributed by atoms with Gasteiger partial charge >= 0.3 is 11.9 Å². The molecule has 4 nitrogen and oxygen atoms in total. The first-order chi connectivity index (χ1) is 10.2. The van der Waals surface area contributed by atoms with Gasteiger partial charge in [0.25, 0.3) is 0 Å². The summed E-state index contributed by atoms with van der Waals surface area (Å²) in [6.07, 6.45) is 5.78. The fourth-order valence-corrected chi connectivity index (χ4v) is 1.73. The van der Waals surface area contributed by atoms with Gasteiger partial charge in [0, 0.05) is 0 Å². The molecule has 0 saturated carbocycles. The fourth-order valence-electron chi connectivity index (χ4n) is 1.73. The van der Waals surface area contributed by atoms with Crippen molar-refractivity contribution in [1.29, 1.82) is 0 Å². The summed E-state index contributed by atoms with van der Waals surface area (Å²) in [5, 5.41) is 0. The first-order valence-corrected chi connectivity index (χ1v) is 8.56. The van der Waals surface area contributed by atoms with Gasteiger partial charge in [0.1, 0.15) is 0 Å². The van der Waals surface area contributed by atoms with E-state index in [0.29, 0.717) is 13.2 Å². The molecule has 0 unspecified atom stereocenters. The van der Waals surface area contributed by atoms with Gasteiger partial charge in [-0.2, -0.15) is 0 Å². The molecule has 22 heavy (non-hydrogen) atoms. The average Bonchev–Trinajstić information content (AvgIpc) is 2.45. The summed E-state index contributed by atoms with van der Waals surface area (Å²) < 4.78 is 9.69. The van der Waals surface area contributed by atoms with Gasteiger partial charge in [-0.25, -0.2) is 0 Å². The summed E-state index contributed by atoms with van der Waals surface area (Å²) in [7, 11) is 0. The highest BCUT2D eigenvalue weighted by Crippen LogP contribution is 2.25. The molecule has 0 aliphatic rings. The maximum atomic E-state index is 11.5. The Morgan fingerprint density at radius 2 is 1.45 bits per heavy atom. The highest BCUT2D eigenvalue weighted by molar-refractivity contribution is 5.75. The van der Waals surface area contributed by atoms with Gasteiger partial charge in [0.2, 0.25) is 0 Å². The Morgan fingerprint density at radius 3 is 1.82 bits per heavy atom. The van der Waals surface area contributed by atoms with E-state index in [-0.39, 0.29) is 23.3 Å². The number of unbranched alkanes of at least 4 members (excludes halogenated alkanes) is 3. The van der Waals surface area contributed by atoms with E-state index in [9.17, 15) is 9.59 Å². The molecule has 0 aliphatic carbocycles. The summed E-state index contributed by atoms with van der Waals surface area (Å²) in [5.74, 6) is -0.168. The number of hydrogen-bond donors (Lipinski definition) is 0. The molecule has 0 aromatic carbocycles. The van der Waals surface area contributed by atoms with Crippen LogP contribution in [0, 0.1) is 11.3 Å². The number of rotatable bonds is 9. The van der Waals surface area contributed by atoms with Crippen LogP contribution in [0.2, 0.25) is 0 Å². The predicted molar refractivity (Wildman–Crippen MR) is 90.6 cm³/mol. The fraction of sp³-hybridized carbons (Fsp3) is 0.889. The monoisotopic (exact) mass is 316 g/mol. The van der Waals surface area contributed by atoms with E-state index in [1.807, 2.05) is 34.6 Å². The first kappa shape index (κ1) is 23.2. The van der Waals surface area contributed by atoms with Crippen molar-refractivity contribution in [2.75, 3.05) is 13.2 Å². The Hall–Kier alpha value is -1.06. The van der Waals surface area contributed by atoms with Crippen molar-refractivity contribution >= 4 is 11.9 Å².